The number of rotatable bonds is 2. The molecule has 0 atom stereocenters. The van der Waals surface area contributed by atoms with E-state index < -0.39 is 34.6 Å². The smallest absolute Gasteiger partial charge is 0.204 e. The minimum Gasteiger partial charge on any atom is -0.491 e. The SMILES string of the molecule is COc1c(F)c(F)c(C2=CCCCC2)c(F)c1F. The second-order valence-corrected chi connectivity index (χ2v) is 4.14. The number of hydrogen-bond donors (Lipinski definition) is 0. The van der Waals surface area contributed by atoms with E-state index in [2.05, 4.69) is 4.74 Å². The van der Waals surface area contributed by atoms with Crippen LogP contribution in [0.15, 0.2) is 6.08 Å². The molecule has 1 aliphatic carbocycles. The summed E-state index contributed by atoms with van der Waals surface area (Å²) in [6.07, 6.45) is 4.35. The molecule has 1 aromatic carbocycles. The van der Waals surface area contributed by atoms with Crippen molar-refractivity contribution in [3.8, 4) is 5.75 Å². The van der Waals surface area contributed by atoms with Crippen molar-refractivity contribution in [3.63, 3.8) is 0 Å². The predicted octanol–water partition coefficient (Wildman–Crippen LogP) is 4.21. The Morgan fingerprint density at radius 1 is 0.944 bits per heavy atom. The van der Waals surface area contributed by atoms with Crippen molar-refractivity contribution in [3.05, 3.63) is 34.9 Å². The highest BCUT2D eigenvalue weighted by Gasteiger charge is 2.28. The average Bonchev–Trinajstić information content (AvgIpc) is 2.39. The molecule has 5 heteroatoms. The number of methoxy groups -OCH3 is 1. The van der Waals surface area contributed by atoms with Gasteiger partial charge >= 0.3 is 0 Å². The normalized spacial score (nSPS) is 15.5. The van der Waals surface area contributed by atoms with Crippen LogP contribution in [0.3, 0.4) is 0 Å². The van der Waals surface area contributed by atoms with E-state index in [4.69, 9.17) is 0 Å². The van der Waals surface area contributed by atoms with Gasteiger partial charge in [0.25, 0.3) is 0 Å². The third kappa shape index (κ3) is 1.98. The molecular formula is C13H12F4O. The van der Waals surface area contributed by atoms with E-state index in [0.717, 1.165) is 20.0 Å². The molecule has 1 aliphatic rings. The zero-order valence-electron chi connectivity index (χ0n) is 9.83. The summed E-state index contributed by atoms with van der Waals surface area (Å²) in [4.78, 5) is 0. The van der Waals surface area contributed by atoms with E-state index in [0.29, 0.717) is 18.4 Å². The Morgan fingerprint density at radius 3 is 2.00 bits per heavy atom. The van der Waals surface area contributed by atoms with E-state index in [1.165, 1.54) is 0 Å². The summed E-state index contributed by atoms with van der Waals surface area (Å²) in [5, 5.41) is 0. The zero-order chi connectivity index (χ0) is 13.3. The molecule has 98 valence electrons. The molecule has 0 amide bonds. The molecule has 0 aliphatic heterocycles. The van der Waals surface area contributed by atoms with E-state index in [1.807, 2.05) is 0 Å². The summed E-state index contributed by atoms with van der Waals surface area (Å²) in [5.41, 5.74) is -0.290. The van der Waals surface area contributed by atoms with Gasteiger partial charge in [0.1, 0.15) is 0 Å². The van der Waals surface area contributed by atoms with Crippen molar-refractivity contribution in [2.24, 2.45) is 0 Å². The van der Waals surface area contributed by atoms with E-state index in [9.17, 15) is 17.6 Å². The molecule has 1 nitrogen and oxygen atoms in total. The Kier molecular flexibility index (Phi) is 3.59. The largest absolute Gasteiger partial charge is 0.491 e. The third-order valence-corrected chi connectivity index (χ3v) is 3.04. The van der Waals surface area contributed by atoms with Crippen LogP contribution in [-0.2, 0) is 0 Å². The Balaban J connectivity index is 2.64. The number of hydrogen-bond acceptors (Lipinski definition) is 1. The van der Waals surface area contributed by atoms with Crippen LogP contribution >= 0.6 is 0 Å². The first-order chi connectivity index (χ1) is 8.57. The van der Waals surface area contributed by atoms with Crippen molar-refractivity contribution in [2.45, 2.75) is 25.7 Å². The first-order valence-corrected chi connectivity index (χ1v) is 5.67. The molecule has 18 heavy (non-hydrogen) atoms. The van der Waals surface area contributed by atoms with Crippen molar-refractivity contribution < 1.29 is 22.3 Å². The van der Waals surface area contributed by atoms with Crippen molar-refractivity contribution in [1.82, 2.24) is 0 Å². The van der Waals surface area contributed by atoms with Gasteiger partial charge in [0.2, 0.25) is 11.6 Å². The zero-order valence-corrected chi connectivity index (χ0v) is 9.83. The summed E-state index contributed by atoms with van der Waals surface area (Å²) >= 11 is 0. The van der Waals surface area contributed by atoms with Crippen LogP contribution in [0.1, 0.15) is 31.2 Å². The molecule has 0 spiro atoms. The average molecular weight is 260 g/mol. The lowest BCUT2D eigenvalue weighted by Crippen LogP contribution is -2.07. The second kappa shape index (κ2) is 5.00. The molecule has 0 fully saturated rings. The Morgan fingerprint density at radius 2 is 1.56 bits per heavy atom. The van der Waals surface area contributed by atoms with Gasteiger partial charge in [0, 0.05) is 0 Å². The minimum atomic E-state index is -1.49. The van der Waals surface area contributed by atoms with Crippen LogP contribution in [-0.4, -0.2) is 7.11 Å². The van der Waals surface area contributed by atoms with Crippen LogP contribution in [0.25, 0.3) is 5.57 Å². The fourth-order valence-corrected chi connectivity index (χ4v) is 2.14. The molecule has 0 N–H and O–H groups in total. The Hall–Kier alpha value is -1.52. The van der Waals surface area contributed by atoms with Gasteiger partial charge in [-0.3, -0.25) is 0 Å². The van der Waals surface area contributed by atoms with Crippen LogP contribution in [0, 0.1) is 23.3 Å². The molecule has 2 rings (SSSR count). The quantitative estimate of drug-likeness (QED) is 0.571. The van der Waals surface area contributed by atoms with Crippen molar-refractivity contribution in [2.75, 3.05) is 7.11 Å². The Labute approximate surface area is 102 Å². The molecule has 0 unspecified atom stereocenters. The summed E-state index contributed by atoms with van der Waals surface area (Å²) in [5.74, 6) is -6.78. The molecule has 0 radical (unpaired) electrons. The van der Waals surface area contributed by atoms with Gasteiger partial charge in [0.15, 0.2) is 17.4 Å². The summed E-state index contributed by atoms with van der Waals surface area (Å²) < 4.78 is 58.9. The van der Waals surface area contributed by atoms with Gasteiger partial charge in [-0.2, -0.15) is 8.78 Å². The fourth-order valence-electron chi connectivity index (χ4n) is 2.14. The van der Waals surface area contributed by atoms with Crippen molar-refractivity contribution in [1.29, 1.82) is 0 Å². The molecule has 0 saturated heterocycles. The minimum absolute atomic E-state index is 0.316. The van der Waals surface area contributed by atoms with Gasteiger partial charge < -0.3 is 4.74 Å². The molecule has 0 aromatic heterocycles. The maximum Gasteiger partial charge on any atom is 0.204 e. The summed E-state index contributed by atoms with van der Waals surface area (Å²) in [6, 6.07) is 0. The van der Waals surface area contributed by atoms with Crippen molar-refractivity contribution >= 4 is 5.57 Å². The molecule has 1 aromatic rings. The van der Waals surface area contributed by atoms with E-state index >= 15 is 0 Å². The molecule has 0 heterocycles. The first-order valence-electron chi connectivity index (χ1n) is 5.67. The van der Waals surface area contributed by atoms with Crippen LogP contribution in [0.4, 0.5) is 17.6 Å². The highest BCUT2D eigenvalue weighted by atomic mass is 19.2. The molecular weight excluding hydrogens is 248 g/mol. The number of ether oxygens (including phenoxy) is 1. The van der Waals surface area contributed by atoms with Gasteiger partial charge in [-0.05, 0) is 31.3 Å². The number of benzene rings is 1. The monoisotopic (exact) mass is 260 g/mol. The maximum atomic E-state index is 13.8. The fraction of sp³-hybridized carbons (Fsp3) is 0.385. The summed E-state index contributed by atoms with van der Waals surface area (Å²) in [6.45, 7) is 0. The van der Waals surface area contributed by atoms with E-state index in [1.54, 1.807) is 6.08 Å². The third-order valence-electron chi connectivity index (χ3n) is 3.04. The first kappa shape index (κ1) is 12.9. The molecule has 0 bridgehead atoms. The number of allylic oxidation sites excluding steroid dienone is 2. The standard InChI is InChI=1S/C13H12F4O/c1-18-13-11(16)9(14)8(10(15)12(13)17)7-5-3-2-4-6-7/h5H,2-4,6H2,1H3. The van der Waals surface area contributed by atoms with Gasteiger partial charge in [-0.1, -0.05) is 6.08 Å². The van der Waals surface area contributed by atoms with Crippen LogP contribution in [0.2, 0.25) is 0 Å². The van der Waals surface area contributed by atoms with Gasteiger partial charge in [-0.25, -0.2) is 8.78 Å². The Bertz CT molecular complexity index is 479. The highest BCUT2D eigenvalue weighted by molar-refractivity contribution is 5.68. The lowest BCUT2D eigenvalue weighted by atomic mass is 9.92. The lowest BCUT2D eigenvalue weighted by Gasteiger charge is -2.16. The lowest BCUT2D eigenvalue weighted by molar-refractivity contribution is 0.331. The predicted molar refractivity (Wildman–Crippen MR) is 59.3 cm³/mol. The maximum absolute atomic E-state index is 13.8. The second-order valence-electron chi connectivity index (χ2n) is 4.14. The van der Waals surface area contributed by atoms with Gasteiger partial charge in [0.05, 0.1) is 12.7 Å². The van der Waals surface area contributed by atoms with Crippen LogP contribution < -0.4 is 4.74 Å². The number of halogens is 4. The van der Waals surface area contributed by atoms with E-state index in [-0.39, 0.29) is 0 Å². The highest BCUT2D eigenvalue weighted by Crippen LogP contribution is 2.36. The van der Waals surface area contributed by atoms with Gasteiger partial charge in [-0.15, -0.1) is 0 Å². The summed E-state index contributed by atoms with van der Waals surface area (Å²) in [7, 11) is 0.958. The molecule has 0 saturated carbocycles. The topological polar surface area (TPSA) is 9.23 Å². The van der Waals surface area contributed by atoms with Crippen LogP contribution in [0.5, 0.6) is 5.75 Å².